The van der Waals surface area contributed by atoms with Crippen molar-refractivity contribution in [2.75, 3.05) is 13.7 Å². The van der Waals surface area contributed by atoms with Crippen LogP contribution in [0.2, 0.25) is 0 Å². The molecule has 35 heavy (non-hydrogen) atoms. The fraction of sp³-hybridized carbons (Fsp3) is 0.192. The predicted octanol–water partition coefficient (Wildman–Crippen LogP) is 3.84. The molecule has 0 aliphatic heterocycles. The molecule has 0 radical (unpaired) electrons. The smallest absolute Gasteiger partial charge is 0.338 e. The number of carbonyl (C=O) groups excluding carboxylic acids is 1. The highest BCUT2D eigenvalue weighted by atomic mass is 16.5. The minimum absolute atomic E-state index is 0.195. The number of hydrogen-bond acceptors (Lipinski definition) is 7. The summed E-state index contributed by atoms with van der Waals surface area (Å²) in [5.41, 5.74) is 4.70. The van der Waals surface area contributed by atoms with E-state index in [1.165, 1.54) is 4.57 Å². The topological polar surface area (TPSA) is 101 Å². The van der Waals surface area contributed by atoms with Gasteiger partial charge in [-0.3, -0.25) is 9.36 Å². The van der Waals surface area contributed by atoms with Gasteiger partial charge in [-0.25, -0.2) is 9.31 Å². The highest BCUT2D eigenvalue weighted by Crippen LogP contribution is 2.30. The average Bonchev–Trinajstić information content (AvgIpc) is 3.28. The van der Waals surface area contributed by atoms with Crippen LogP contribution < -0.4 is 10.3 Å². The molecule has 0 saturated heterocycles. The fourth-order valence-corrected chi connectivity index (χ4v) is 4.07. The number of pyridine rings is 1. The molecule has 0 spiro atoms. The summed E-state index contributed by atoms with van der Waals surface area (Å²) in [5, 5.41) is 13.4. The van der Waals surface area contributed by atoms with Crippen LogP contribution in [0.15, 0.2) is 65.6 Å². The summed E-state index contributed by atoms with van der Waals surface area (Å²) in [6.07, 6.45) is 2.36. The largest absolute Gasteiger partial charge is 0.497 e. The molecule has 9 heteroatoms. The van der Waals surface area contributed by atoms with Crippen molar-refractivity contribution in [3.05, 3.63) is 82.4 Å². The normalized spacial score (nSPS) is 11.2. The monoisotopic (exact) mass is 469 g/mol. The van der Waals surface area contributed by atoms with Gasteiger partial charge in [0.1, 0.15) is 11.3 Å². The highest BCUT2D eigenvalue weighted by Gasteiger charge is 2.19. The zero-order valence-corrected chi connectivity index (χ0v) is 19.6. The van der Waals surface area contributed by atoms with E-state index in [9.17, 15) is 9.59 Å². The predicted molar refractivity (Wildman–Crippen MR) is 131 cm³/mol. The van der Waals surface area contributed by atoms with E-state index in [0.717, 1.165) is 22.6 Å². The third kappa shape index (κ3) is 3.80. The lowest BCUT2D eigenvalue weighted by atomic mass is 10.0. The first-order valence-corrected chi connectivity index (χ1v) is 11.3. The van der Waals surface area contributed by atoms with Gasteiger partial charge in [0.25, 0.3) is 5.56 Å². The van der Waals surface area contributed by atoms with Crippen molar-refractivity contribution in [3.63, 3.8) is 0 Å². The Morgan fingerprint density at radius 3 is 2.37 bits per heavy atom. The molecule has 0 unspecified atom stereocenters. The number of esters is 1. The Hall–Kier alpha value is -4.53. The second-order valence-electron chi connectivity index (χ2n) is 7.83. The first-order valence-electron chi connectivity index (χ1n) is 11.3. The van der Waals surface area contributed by atoms with Crippen LogP contribution in [0, 0.1) is 0 Å². The number of aromatic nitrogens is 5. The molecule has 2 aromatic carbocycles. The summed E-state index contributed by atoms with van der Waals surface area (Å²) in [5.74, 6) is 0.354. The Labute approximate surface area is 200 Å². The Morgan fingerprint density at radius 2 is 1.71 bits per heavy atom. The second kappa shape index (κ2) is 9.02. The van der Waals surface area contributed by atoms with Gasteiger partial charge in [0.05, 0.1) is 30.5 Å². The van der Waals surface area contributed by atoms with Crippen molar-refractivity contribution in [2.24, 2.45) is 0 Å². The third-order valence-corrected chi connectivity index (χ3v) is 5.82. The highest BCUT2D eigenvalue weighted by molar-refractivity contribution is 5.89. The Bertz CT molecular complexity index is 1600. The number of methoxy groups -OCH3 is 1. The number of benzene rings is 2. The van der Waals surface area contributed by atoms with Gasteiger partial charge in [0, 0.05) is 11.9 Å². The van der Waals surface area contributed by atoms with Crippen molar-refractivity contribution < 1.29 is 14.3 Å². The summed E-state index contributed by atoms with van der Waals surface area (Å²) >= 11 is 0. The van der Waals surface area contributed by atoms with E-state index >= 15 is 0 Å². The summed E-state index contributed by atoms with van der Waals surface area (Å²) in [6.45, 7) is 4.07. The van der Waals surface area contributed by atoms with Gasteiger partial charge >= 0.3 is 5.97 Å². The van der Waals surface area contributed by atoms with Crippen molar-refractivity contribution in [3.8, 4) is 22.6 Å². The fourth-order valence-electron chi connectivity index (χ4n) is 4.07. The minimum atomic E-state index is -0.406. The number of hydrogen-bond donors (Lipinski definition) is 0. The van der Waals surface area contributed by atoms with E-state index < -0.39 is 5.97 Å². The van der Waals surface area contributed by atoms with Crippen molar-refractivity contribution in [1.82, 2.24) is 24.4 Å². The van der Waals surface area contributed by atoms with Gasteiger partial charge in [-0.05, 0) is 61.4 Å². The maximum atomic E-state index is 13.3. The van der Waals surface area contributed by atoms with Crippen LogP contribution in [0.4, 0.5) is 0 Å². The lowest BCUT2D eigenvalue weighted by Crippen LogP contribution is -2.20. The van der Waals surface area contributed by atoms with E-state index in [1.54, 1.807) is 55.1 Å². The molecule has 9 nitrogen and oxygen atoms in total. The average molecular weight is 470 g/mol. The molecule has 3 heterocycles. The summed E-state index contributed by atoms with van der Waals surface area (Å²) in [4.78, 5) is 25.2. The molecule has 0 atom stereocenters. The second-order valence-corrected chi connectivity index (χ2v) is 7.83. The summed E-state index contributed by atoms with van der Waals surface area (Å²) in [6, 6.07) is 16.1. The lowest BCUT2D eigenvalue weighted by Gasteiger charge is -2.08. The molecule has 0 bridgehead atoms. The van der Waals surface area contributed by atoms with E-state index in [2.05, 4.69) is 10.2 Å². The molecule has 0 aliphatic carbocycles. The third-order valence-electron chi connectivity index (χ3n) is 5.82. The molecule has 0 N–H and O–H groups in total. The number of carbonyl (C=O) groups is 1. The maximum Gasteiger partial charge on any atom is 0.338 e. The van der Waals surface area contributed by atoms with Gasteiger partial charge in [-0.15, -0.1) is 10.2 Å². The van der Waals surface area contributed by atoms with Crippen LogP contribution in [0.1, 0.15) is 29.9 Å². The van der Waals surface area contributed by atoms with E-state index in [0.29, 0.717) is 35.4 Å². The van der Waals surface area contributed by atoms with Gasteiger partial charge in [-0.2, -0.15) is 5.10 Å². The molecular weight excluding hydrogens is 446 g/mol. The molecule has 0 aliphatic rings. The molecule has 0 amide bonds. The zero-order valence-electron chi connectivity index (χ0n) is 19.6. The Balaban J connectivity index is 1.62. The Morgan fingerprint density at radius 1 is 0.971 bits per heavy atom. The summed E-state index contributed by atoms with van der Waals surface area (Å²) in [7, 11) is 1.63. The van der Waals surface area contributed by atoms with Crippen molar-refractivity contribution in [1.29, 1.82) is 0 Å². The number of rotatable bonds is 6. The standard InChI is InChI=1S/C26H23N5O4/c1-4-20-22(16-8-12-19(34-3)13-9-16)24-28-27-23-21(31(24)29-20)14-15-30(25(23)32)18-10-6-17(7-11-18)26(33)35-5-2/h6-15H,4-5H2,1-3H3. The van der Waals surface area contributed by atoms with Crippen LogP contribution in [0.25, 0.3) is 33.5 Å². The molecular formula is C26H23N5O4. The van der Waals surface area contributed by atoms with E-state index in [-0.39, 0.29) is 11.1 Å². The summed E-state index contributed by atoms with van der Waals surface area (Å²) < 4.78 is 13.4. The quantitative estimate of drug-likeness (QED) is 0.348. The zero-order chi connectivity index (χ0) is 24.5. The Kier molecular flexibility index (Phi) is 5.74. The molecule has 176 valence electrons. The van der Waals surface area contributed by atoms with Gasteiger partial charge in [0.15, 0.2) is 11.2 Å². The van der Waals surface area contributed by atoms with Crippen molar-refractivity contribution in [2.45, 2.75) is 20.3 Å². The lowest BCUT2D eigenvalue weighted by molar-refractivity contribution is 0.0526. The van der Waals surface area contributed by atoms with Crippen LogP contribution in [-0.4, -0.2) is 44.1 Å². The van der Waals surface area contributed by atoms with Crippen LogP contribution >= 0.6 is 0 Å². The maximum absolute atomic E-state index is 13.3. The van der Waals surface area contributed by atoms with Crippen LogP contribution in [0.5, 0.6) is 5.75 Å². The SMILES string of the molecule is CCOC(=O)c1ccc(-n2ccc3c(nnc4c(-c5ccc(OC)cc5)c(CC)nn43)c2=O)cc1. The number of ether oxygens (including phenoxy) is 2. The molecule has 5 aromatic rings. The van der Waals surface area contributed by atoms with Crippen molar-refractivity contribution >= 4 is 22.6 Å². The minimum Gasteiger partial charge on any atom is -0.497 e. The number of nitrogens with zero attached hydrogens (tertiary/aromatic N) is 5. The van der Waals surface area contributed by atoms with Gasteiger partial charge in [0.2, 0.25) is 0 Å². The van der Waals surface area contributed by atoms with E-state index in [4.69, 9.17) is 14.6 Å². The van der Waals surface area contributed by atoms with E-state index in [1.807, 2.05) is 31.2 Å². The van der Waals surface area contributed by atoms with Gasteiger partial charge in [-0.1, -0.05) is 19.1 Å². The molecule has 5 rings (SSSR count). The first-order chi connectivity index (χ1) is 17.0. The molecule has 0 fully saturated rings. The molecule has 3 aromatic heterocycles. The first kappa shape index (κ1) is 22.3. The number of aryl methyl sites for hydroxylation is 1. The van der Waals surface area contributed by atoms with Gasteiger partial charge < -0.3 is 9.47 Å². The van der Waals surface area contributed by atoms with Crippen LogP contribution in [0.3, 0.4) is 0 Å². The number of fused-ring (bicyclic) bond motifs is 3. The molecule has 0 saturated carbocycles. The van der Waals surface area contributed by atoms with Crippen LogP contribution in [-0.2, 0) is 11.2 Å².